The van der Waals surface area contributed by atoms with E-state index in [9.17, 15) is 4.79 Å². The molecule has 0 fully saturated rings. The summed E-state index contributed by atoms with van der Waals surface area (Å²) in [6.07, 6.45) is 1.64. The molecule has 78 valence electrons. The average Bonchev–Trinajstić information content (AvgIpc) is 2.31. The molecule has 0 saturated carbocycles. The zero-order valence-electron chi connectivity index (χ0n) is 8.49. The molecule has 1 atom stereocenters. The molecular formula is C9H15N3O2. The normalized spacial score (nSPS) is 26.6. The van der Waals surface area contributed by atoms with Crippen molar-refractivity contribution in [2.45, 2.75) is 12.5 Å². The second-order valence-electron chi connectivity index (χ2n) is 3.39. The minimum absolute atomic E-state index is 0.297. The quantitative estimate of drug-likeness (QED) is 0.662. The molecule has 0 radical (unpaired) electrons. The van der Waals surface area contributed by atoms with Gasteiger partial charge in [0.05, 0.1) is 6.61 Å². The van der Waals surface area contributed by atoms with E-state index in [1.807, 2.05) is 6.92 Å². The summed E-state index contributed by atoms with van der Waals surface area (Å²) in [6.45, 7) is 6.16. The van der Waals surface area contributed by atoms with Gasteiger partial charge in [0.15, 0.2) is 0 Å². The molecule has 2 amide bonds. The minimum Gasteiger partial charge on any atom is -0.385 e. The van der Waals surface area contributed by atoms with Gasteiger partial charge in [-0.15, -0.1) is 6.58 Å². The highest BCUT2D eigenvalue weighted by atomic mass is 16.5. The highest BCUT2D eigenvalue weighted by molar-refractivity contribution is 6.05. The number of hydrogen-bond acceptors (Lipinski definition) is 3. The second-order valence-corrected chi connectivity index (χ2v) is 3.39. The van der Waals surface area contributed by atoms with E-state index in [4.69, 9.17) is 10.5 Å². The van der Waals surface area contributed by atoms with Gasteiger partial charge in [0, 0.05) is 13.7 Å². The summed E-state index contributed by atoms with van der Waals surface area (Å²) in [5.74, 6) is 0.297. The standard InChI is InChI=1S/C9H15N3O2/c1-4-5-12-8(13)11-7(10)9(12,2)6-14-3/h4H,1,5-6H2,2-3H3,(H2,10,11,13). The third-order valence-corrected chi connectivity index (χ3v) is 2.33. The summed E-state index contributed by atoms with van der Waals surface area (Å²) in [4.78, 5) is 16.7. The molecule has 0 spiro atoms. The Hall–Kier alpha value is -1.36. The van der Waals surface area contributed by atoms with Gasteiger partial charge in [-0.3, -0.25) is 0 Å². The maximum Gasteiger partial charge on any atom is 0.346 e. The van der Waals surface area contributed by atoms with E-state index in [0.717, 1.165) is 0 Å². The van der Waals surface area contributed by atoms with Crippen LogP contribution in [0.1, 0.15) is 6.92 Å². The van der Waals surface area contributed by atoms with Crippen molar-refractivity contribution in [3.8, 4) is 0 Å². The van der Waals surface area contributed by atoms with Crippen molar-refractivity contribution in [3.05, 3.63) is 12.7 Å². The van der Waals surface area contributed by atoms with Gasteiger partial charge in [-0.05, 0) is 6.92 Å². The number of carbonyl (C=O) groups is 1. The zero-order valence-corrected chi connectivity index (χ0v) is 8.49. The van der Waals surface area contributed by atoms with Gasteiger partial charge < -0.3 is 15.4 Å². The summed E-state index contributed by atoms with van der Waals surface area (Å²) in [5.41, 5.74) is 5.04. The topological polar surface area (TPSA) is 67.9 Å². The number of rotatable bonds is 4. The molecule has 0 aromatic heterocycles. The summed E-state index contributed by atoms with van der Waals surface area (Å²) in [5, 5.41) is 0. The number of aliphatic imine (C=N–C) groups is 1. The molecule has 1 rings (SSSR count). The van der Waals surface area contributed by atoms with Crippen molar-refractivity contribution in [1.29, 1.82) is 0 Å². The maximum atomic E-state index is 11.4. The molecule has 0 bridgehead atoms. The number of amides is 2. The zero-order chi connectivity index (χ0) is 10.8. The number of ether oxygens (including phenoxy) is 1. The van der Waals surface area contributed by atoms with Gasteiger partial charge in [-0.2, -0.15) is 4.99 Å². The smallest absolute Gasteiger partial charge is 0.346 e. The van der Waals surface area contributed by atoms with Crippen molar-refractivity contribution in [2.24, 2.45) is 10.7 Å². The van der Waals surface area contributed by atoms with Crippen LogP contribution in [0.3, 0.4) is 0 Å². The fourth-order valence-corrected chi connectivity index (χ4v) is 1.47. The Morgan fingerprint density at radius 2 is 2.43 bits per heavy atom. The molecule has 0 aromatic carbocycles. The van der Waals surface area contributed by atoms with Gasteiger partial charge in [0.2, 0.25) is 0 Å². The largest absolute Gasteiger partial charge is 0.385 e. The van der Waals surface area contributed by atoms with Crippen LogP contribution < -0.4 is 5.73 Å². The van der Waals surface area contributed by atoms with Gasteiger partial charge in [0.1, 0.15) is 11.4 Å². The van der Waals surface area contributed by atoms with Gasteiger partial charge in [-0.25, -0.2) is 4.79 Å². The molecular weight excluding hydrogens is 182 g/mol. The van der Waals surface area contributed by atoms with Crippen LogP contribution in [0.4, 0.5) is 4.79 Å². The first-order valence-corrected chi connectivity index (χ1v) is 4.32. The SMILES string of the molecule is C=CCN1C(=O)N=C(N)C1(C)COC. The molecule has 1 aliphatic rings. The van der Waals surface area contributed by atoms with Gasteiger partial charge in [-0.1, -0.05) is 6.08 Å². The number of nitrogens with zero attached hydrogens (tertiary/aromatic N) is 2. The third-order valence-electron chi connectivity index (χ3n) is 2.33. The Morgan fingerprint density at radius 3 is 2.93 bits per heavy atom. The summed E-state index contributed by atoms with van der Waals surface area (Å²) in [6, 6.07) is -0.332. The van der Waals surface area contributed by atoms with Crippen molar-refractivity contribution >= 4 is 11.9 Å². The minimum atomic E-state index is -0.639. The fraction of sp³-hybridized carbons (Fsp3) is 0.556. The molecule has 0 aliphatic carbocycles. The van der Waals surface area contributed by atoms with E-state index in [2.05, 4.69) is 11.6 Å². The Morgan fingerprint density at radius 1 is 1.79 bits per heavy atom. The lowest BCUT2D eigenvalue weighted by atomic mass is 10.0. The Kier molecular flexibility index (Phi) is 2.90. The summed E-state index contributed by atoms with van der Waals surface area (Å²) >= 11 is 0. The van der Waals surface area contributed by atoms with Crippen LogP contribution >= 0.6 is 0 Å². The first-order chi connectivity index (χ1) is 6.56. The van der Waals surface area contributed by atoms with E-state index in [1.54, 1.807) is 18.1 Å². The van der Waals surface area contributed by atoms with Crippen molar-refractivity contribution in [2.75, 3.05) is 20.3 Å². The molecule has 1 unspecified atom stereocenters. The lowest BCUT2D eigenvalue weighted by molar-refractivity contribution is 0.0985. The first-order valence-electron chi connectivity index (χ1n) is 4.32. The first kappa shape index (κ1) is 10.7. The predicted octanol–water partition coefficient (Wildman–Crippen LogP) is 0.370. The van der Waals surface area contributed by atoms with E-state index in [-0.39, 0.29) is 6.03 Å². The van der Waals surface area contributed by atoms with Crippen LogP contribution in [0.5, 0.6) is 0 Å². The molecule has 1 heterocycles. The van der Waals surface area contributed by atoms with Crippen molar-refractivity contribution in [1.82, 2.24) is 4.90 Å². The highest BCUT2D eigenvalue weighted by Crippen LogP contribution is 2.23. The Balaban J connectivity index is 2.93. The van der Waals surface area contributed by atoms with Crippen LogP contribution in [0.15, 0.2) is 17.6 Å². The summed E-state index contributed by atoms with van der Waals surface area (Å²) < 4.78 is 5.04. The number of carbonyl (C=O) groups excluding carboxylic acids is 1. The number of urea groups is 1. The third kappa shape index (κ3) is 1.50. The van der Waals surface area contributed by atoms with Crippen LogP contribution in [0.25, 0.3) is 0 Å². The molecule has 0 aromatic rings. The predicted molar refractivity (Wildman–Crippen MR) is 54.2 cm³/mol. The Labute approximate surface area is 83.2 Å². The molecule has 1 aliphatic heterocycles. The number of methoxy groups -OCH3 is 1. The van der Waals surface area contributed by atoms with Crippen LogP contribution in [0, 0.1) is 0 Å². The van der Waals surface area contributed by atoms with Crippen molar-refractivity contribution in [3.63, 3.8) is 0 Å². The highest BCUT2D eigenvalue weighted by Gasteiger charge is 2.43. The van der Waals surface area contributed by atoms with Crippen LogP contribution in [-0.4, -0.2) is 42.6 Å². The monoisotopic (exact) mass is 197 g/mol. The second kappa shape index (κ2) is 3.79. The maximum absolute atomic E-state index is 11.4. The lowest BCUT2D eigenvalue weighted by Crippen LogP contribution is -2.54. The van der Waals surface area contributed by atoms with Gasteiger partial charge >= 0.3 is 6.03 Å². The molecule has 2 N–H and O–H groups in total. The number of hydrogen-bond donors (Lipinski definition) is 1. The number of amidine groups is 1. The molecule has 5 heteroatoms. The van der Waals surface area contributed by atoms with Crippen LogP contribution in [0.2, 0.25) is 0 Å². The van der Waals surface area contributed by atoms with Gasteiger partial charge in [0.25, 0.3) is 0 Å². The lowest BCUT2D eigenvalue weighted by Gasteiger charge is -2.33. The van der Waals surface area contributed by atoms with E-state index in [1.165, 1.54) is 0 Å². The molecule has 5 nitrogen and oxygen atoms in total. The fourth-order valence-electron chi connectivity index (χ4n) is 1.47. The van der Waals surface area contributed by atoms with Crippen molar-refractivity contribution < 1.29 is 9.53 Å². The number of nitrogens with two attached hydrogens (primary N) is 1. The van der Waals surface area contributed by atoms with E-state index in [0.29, 0.717) is 19.0 Å². The average molecular weight is 197 g/mol. The van der Waals surface area contributed by atoms with Crippen LogP contribution in [-0.2, 0) is 4.74 Å². The summed E-state index contributed by atoms with van der Waals surface area (Å²) in [7, 11) is 1.56. The van der Waals surface area contributed by atoms with E-state index < -0.39 is 5.54 Å². The Bertz CT molecular complexity index is 288. The molecule has 0 saturated heterocycles. The van der Waals surface area contributed by atoms with E-state index >= 15 is 0 Å². The molecule has 14 heavy (non-hydrogen) atoms.